The van der Waals surface area contributed by atoms with E-state index >= 15 is 0 Å². The highest BCUT2D eigenvalue weighted by Gasteiger charge is 2.33. The van der Waals surface area contributed by atoms with Crippen molar-refractivity contribution in [3.05, 3.63) is 12.7 Å². The minimum absolute atomic E-state index is 0.320. The molecule has 0 bridgehead atoms. The molecule has 0 saturated carbocycles. The zero-order valence-electron chi connectivity index (χ0n) is 7.51. The molecule has 0 aromatic rings. The topological polar surface area (TPSA) is 38.3 Å². The summed E-state index contributed by atoms with van der Waals surface area (Å²) in [6.45, 7) is 3.78. The van der Waals surface area contributed by atoms with Crippen molar-refractivity contribution in [2.45, 2.75) is 18.4 Å². The van der Waals surface area contributed by atoms with Crippen LogP contribution in [0.15, 0.2) is 12.7 Å². The van der Waals surface area contributed by atoms with Gasteiger partial charge in [0.2, 0.25) is 5.91 Å². The third-order valence-corrected chi connectivity index (χ3v) is 2.28. The lowest BCUT2D eigenvalue weighted by molar-refractivity contribution is -0.120. The Morgan fingerprint density at radius 1 is 1.62 bits per heavy atom. The molecule has 1 fully saturated rings. The van der Waals surface area contributed by atoms with Crippen LogP contribution in [0.3, 0.4) is 0 Å². The Kier molecular flexibility index (Phi) is 3.42. The maximum atomic E-state index is 12.7. The van der Waals surface area contributed by atoms with E-state index in [1.807, 2.05) is 0 Å². The number of ether oxygens (including phenoxy) is 1. The first kappa shape index (κ1) is 10.2. The van der Waals surface area contributed by atoms with E-state index in [2.05, 4.69) is 11.9 Å². The van der Waals surface area contributed by atoms with E-state index in [0.29, 0.717) is 26.1 Å². The van der Waals surface area contributed by atoms with E-state index in [0.717, 1.165) is 6.08 Å². The molecule has 1 aliphatic rings. The fraction of sp³-hybridized carbons (Fsp3) is 0.667. The number of alkyl halides is 1. The van der Waals surface area contributed by atoms with Crippen molar-refractivity contribution in [3.8, 4) is 0 Å². The van der Waals surface area contributed by atoms with Gasteiger partial charge in [0.15, 0.2) is 0 Å². The van der Waals surface area contributed by atoms with Gasteiger partial charge < -0.3 is 10.1 Å². The first-order valence-electron chi connectivity index (χ1n) is 4.31. The molecule has 0 aromatic carbocycles. The summed E-state index contributed by atoms with van der Waals surface area (Å²) in [5, 5.41) is 2.62. The van der Waals surface area contributed by atoms with E-state index in [-0.39, 0.29) is 5.91 Å². The van der Waals surface area contributed by atoms with Gasteiger partial charge in [0, 0.05) is 13.2 Å². The first-order valence-corrected chi connectivity index (χ1v) is 4.31. The Balaban J connectivity index is 2.56. The molecule has 1 saturated heterocycles. The van der Waals surface area contributed by atoms with Crippen LogP contribution in [-0.4, -0.2) is 31.3 Å². The summed E-state index contributed by atoms with van der Waals surface area (Å²) in [5.74, 6) is -0.320. The molecular formula is C9H14FNO2. The zero-order valence-corrected chi connectivity index (χ0v) is 7.51. The molecule has 1 heterocycles. The van der Waals surface area contributed by atoms with E-state index < -0.39 is 12.2 Å². The van der Waals surface area contributed by atoms with Crippen LogP contribution >= 0.6 is 0 Å². The number of carbonyl (C=O) groups excluding carboxylic acids is 1. The average Bonchev–Trinajstić information content (AvgIpc) is 2.19. The van der Waals surface area contributed by atoms with Crippen molar-refractivity contribution in [2.24, 2.45) is 0 Å². The van der Waals surface area contributed by atoms with Gasteiger partial charge in [0.05, 0.1) is 5.54 Å². The smallest absolute Gasteiger partial charge is 0.243 e. The van der Waals surface area contributed by atoms with E-state index in [9.17, 15) is 9.18 Å². The minimum atomic E-state index is -0.719. The van der Waals surface area contributed by atoms with Crippen LogP contribution in [0.2, 0.25) is 0 Å². The molecule has 74 valence electrons. The molecule has 0 atom stereocenters. The van der Waals surface area contributed by atoms with Gasteiger partial charge in [-0.2, -0.15) is 0 Å². The molecule has 1 aliphatic heterocycles. The molecular weight excluding hydrogens is 173 g/mol. The van der Waals surface area contributed by atoms with Crippen molar-refractivity contribution < 1.29 is 13.9 Å². The Bertz CT molecular complexity index is 200. The zero-order chi connectivity index (χ0) is 9.73. The maximum Gasteiger partial charge on any atom is 0.243 e. The molecule has 0 radical (unpaired) electrons. The average molecular weight is 187 g/mol. The number of rotatable bonds is 3. The quantitative estimate of drug-likeness (QED) is 0.664. The van der Waals surface area contributed by atoms with Crippen molar-refractivity contribution in [2.75, 3.05) is 19.9 Å². The second-order valence-electron chi connectivity index (χ2n) is 3.22. The second kappa shape index (κ2) is 4.37. The molecule has 1 rings (SSSR count). The predicted octanol–water partition coefficient (Wildman–Crippen LogP) is 0.807. The third kappa shape index (κ3) is 2.52. The Labute approximate surface area is 77.0 Å². The second-order valence-corrected chi connectivity index (χ2v) is 3.22. The number of nitrogens with one attached hydrogen (secondary N) is 1. The van der Waals surface area contributed by atoms with Crippen LogP contribution in [0.25, 0.3) is 0 Å². The van der Waals surface area contributed by atoms with Crippen molar-refractivity contribution in [3.63, 3.8) is 0 Å². The number of amides is 1. The van der Waals surface area contributed by atoms with Gasteiger partial charge in [0.1, 0.15) is 6.67 Å². The van der Waals surface area contributed by atoms with Crippen molar-refractivity contribution >= 4 is 5.91 Å². The molecule has 0 aromatic heterocycles. The molecule has 3 nitrogen and oxygen atoms in total. The maximum absolute atomic E-state index is 12.7. The van der Waals surface area contributed by atoms with E-state index in [4.69, 9.17) is 4.74 Å². The summed E-state index contributed by atoms with van der Waals surface area (Å²) in [7, 11) is 0. The van der Waals surface area contributed by atoms with Crippen LogP contribution < -0.4 is 5.32 Å². The molecule has 4 heteroatoms. The highest BCUT2D eigenvalue weighted by Crippen LogP contribution is 2.21. The number of hydrogen-bond donors (Lipinski definition) is 1. The van der Waals surface area contributed by atoms with Crippen LogP contribution in [0.1, 0.15) is 12.8 Å². The summed E-state index contributed by atoms with van der Waals surface area (Å²) >= 11 is 0. The Hall–Kier alpha value is -0.900. The Morgan fingerprint density at radius 3 is 2.69 bits per heavy atom. The van der Waals surface area contributed by atoms with Crippen molar-refractivity contribution in [1.29, 1.82) is 0 Å². The van der Waals surface area contributed by atoms with Gasteiger partial charge in [0.25, 0.3) is 0 Å². The van der Waals surface area contributed by atoms with Crippen molar-refractivity contribution in [1.82, 2.24) is 5.32 Å². The summed E-state index contributed by atoms with van der Waals surface area (Å²) < 4.78 is 17.8. The van der Waals surface area contributed by atoms with E-state index in [1.54, 1.807) is 0 Å². The fourth-order valence-corrected chi connectivity index (χ4v) is 1.37. The van der Waals surface area contributed by atoms with Gasteiger partial charge in [-0.25, -0.2) is 4.39 Å². The lowest BCUT2D eigenvalue weighted by Gasteiger charge is -2.35. The number of halogens is 1. The number of carbonyl (C=O) groups is 1. The Morgan fingerprint density at radius 2 is 2.23 bits per heavy atom. The summed E-state index contributed by atoms with van der Waals surface area (Å²) in [5.41, 5.74) is -0.719. The monoisotopic (exact) mass is 187 g/mol. The third-order valence-electron chi connectivity index (χ3n) is 2.28. The SMILES string of the molecule is C=CC(=O)NC1(CF)CCOCC1. The number of hydrogen-bond acceptors (Lipinski definition) is 2. The molecule has 1 N–H and O–H groups in total. The van der Waals surface area contributed by atoms with Crippen LogP contribution in [-0.2, 0) is 9.53 Å². The molecule has 13 heavy (non-hydrogen) atoms. The van der Waals surface area contributed by atoms with Crippen LogP contribution in [0.5, 0.6) is 0 Å². The minimum Gasteiger partial charge on any atom is -0.381 e. The lowest BCUT2D eigenvalue weighted by Crippen LogP contribution is -2.53. The molecule has 1 amide bonds. The van der Waals surface area contributed by atoms with Gasteiger partial charge in [-0.15, -0.1) is 0 Å². The standard InChI is InChI=1S/C9H14FNO2/c1-2-8(12)11-9(7-10)3-5-13-6-4-9/h2H,1,3-7H2,(H,11,12). The molecule has 0 spiro atoms. The van der Waals surface area contributed by atoms with Gasteiger partial charge in [-0.05, 0) is 18.9 Å². The highest BCUT2D eigenvalue weighted by molar-refractivity contribution is 5.87. The summed E-state index contributed by atoms with van der Waals surface area (Å²) in [6.07, 6.45) is 2.22. The fourth-order valence-electron chi connectivity index (χ4n) is 1.37. The highest BCUT2D eigenvalue weighted by atomic mass is 19.1. The van der Waals surface area contributed by atoms with Gasteiger partial charge in [-0.1, -0.05) is 6.58 Å². The first-order chi connectivity index (χ1) is 6.22. The van der Waals surface area contributed by atoms with Crippen LogP contribution in [0, 0.1) is 0 Å². The lowest BCUT2D eigenvalue weighted by atomic mass is 9.91. The summed E-state index contributed by atoms with van der Waals surface area (Å²) in [6, 6.07) is 0. The largest absolute Gasteiger partial charge is 0.381 e. The van der Waals surface area contributed by atoms with Crippen LogP contribution in [0.4, 0.5) is 4.39 Å². The molecule has 0 aliphatic carbocycles. The normalized spacial score (nSPS) is 20.7. The predicted molar refractivity (Wildman–Crippen MR) is 47.1 cm³/mol. The van der Waals surface area contributed by atoms with Gasteiger partial charge >= 0.3 is 0 Å². The van der Waals surface area contributed by atoms with Gasteiger partial charge in [-0.3, -0.25) is 4.79 Å². The summed E-state index contributed by atoms with van der Waals surface area (Å²) in [4.78, 5) is 11.0. The van der Waals surface area contributed by atoms with E-state index in [1.165, 1.54) is 0 Å². The molecule has 0 unspecified atom stereocenters.